The number of aliphatic carboxylic acids is 1. The lowest BCUT2D eigenvalue weighted by molar-refractivity contribution is -0.150. The van der Waals surface area contributed by atoms with Gasteiger partial charge in [-0.3, -0.25) is 0 Å². The van der Waals surface area contributed by atoms with Gasteiger partial charge in [0.15, 0.2) is 0 Å². The van der Waals surface area contributed by atoms with Gasteiger partial charge in [0, 0.05) is 17.7 Å². The largest absolute Gasteiger partial charge is 0.478 e. The summed E-state index contributed by atoms with van der Waals surface area (Å²) in [7, 11) is 0. The monoisotopic (exact) mass is 388 g/mol. The van der Waals surface area contributed by atoms with Crippen LogP contribution in [0.25, 0.3) is 0 Å². The quantitative estimate of drug-likeness (QED) is 0.318. The van der Waals surface area contributed by atoms with Crippen LogP contribution in [0.1, 0.15) is 13.8 Å². The molecule has 0 aromatic carbocycles. The third-order valence-electron chi connectivity index (χ3n) is 2.03. The Hall–Kier alpha value is -1.12. The van der Waals surface area contributed by atoms with Gasteiger partial charge < -0.3 is 19.3 Å². The number of ether oxygens (including phenoxy) is 3. The molecule has 10 heteroatoms. The van der Waals surface area contributed by atoms with E-state index >= 15 is 0 Å². The van der Waals surface area contributed by atoms with Gasteiger partial charge in [-0.15, -0.1) is 0 Å². The number of carboxylic acids is 1. The first kappa shape index (κ1) is 21.9. The van der Waals surface area contributed by atoms with E-state index < -0.39 is 28.0 Å². The molecule has 2 rings (SSSR count). The summed E-state index contributed by atoms with van der Waals surface area (Å²) < 4.78 is 12.6. The molecule has 2 unspecified atom stereocenters. The molecule has 0 amide bonds. The van der Waals surface area contributed by atoms with Crippen LogP contribution in [0.15, 0.2) is 24.3 Å². The highest BCUT2D eigenvalue weighted by Gasteiger charge is 2.39. The van der Waals surface area contributed by atoms with Gasteiger partial charge in [-0.25, -0.2) is 14.4 Å². The van der Waals surface area contributed by atoms with Crippen LogP contribution < -0.4 is 0 Å². The highest BCUT2D eigenvalue weighted by atomic mass is 35.6. The molecule has 0 aromatic rings. The zero-order valence-electron chi connectivity index (χ0n) is 12.3. The van der Waals surface area contributed by atoms with Gasteiger partial charge in [-0.2, -0.15) is 0 Å². The van der Waals surface area contributed by atoms with Gasteiger partial charge in [0.2, 0.25) is 10.1 Å². The first-order chi connectivity index (χ1) is 10.4. The molecular weight excluding hydrogens is 374 g/mol. The van der Waals surface area contributed by atoms with Gasteiger partial charge >= 0.3 is 17.9 Å². The average molecular weight is 390 g/mol. The maximum atomic E-state index is 9.92. The van der Waals surface area contributed by atoms with E-state index in [9.17, 15) is 14.4 Å². The molecule has 0 aromatic heterocycles. The van der Waals surface area contributed by atoms with E-state index in [4.69, 9.17) is 49.4 Å². The van der Waals surface area contributed by atoms with Crippen LogP contribution in [0.4, 0.5) is 0 Å². The topological polar surface area (TPSA) is 99.1 Å². The van der Waals surface area contributed by atoms with Crippen molar-refractivity contribution in [2.45, 2.75) is 30.0 Å². The molecule has 1 fully saturated rings. The first-order valence-corrected chi connectivity index (χ1v) is 7.23. The normalized spacial score (nSPS) is 22.5. The molecule has 23 heavy (non-hydrogen) atoms. The Morgan fingerprint density at radius 1 is 1.30 bits per heavy atom. The summed E-state index contributed by atoms with van der Waals surface area (Å²) in [6.45, 7) is 6.94. The summed E-state index contributed by atoms with van der Waals surface area (Å²) in [5.41, 5.74) is 0.176. The Morgan fingerprint density at radius 2 is 1.74 bits per heavy atom. The minimum absolute atomic E-state index is 0.0145. The van der Waals surface area contributed by atoms with E-state index in [1.165, 1.54) is 6.92 Å². The molecular formula is C13H15Cl3O7. The first-order valence-electron chi connectivity index (χ1n) is 6.10. The van der Waals surface area contributed by atoms with Crippen LogP contribution in [0.5, 0.6) is 0 Å². The van der Waals surface area contributed by atoms with Gasteiger partial charge in [0.1, 0.15) is 0 Å². The summed E-state index contributed by atoms with van der Waals surface area (Å²) in [5.74, 6) is -2.09. The Bertz CT molecular complexity index is 468. The molecule has 0 saturated carbocycles. The number of halogens is 3. The maximum absolute atomic E-state index is 9.92. The van der Waals surface area contributed by atoms with E-state index in [1.54, 1.807) is 0 Å². The summed E-state index contributed by atoms with van der Waals surface area (Å²) in [4.78, 5) is 29.4. The minimum Gasteiger partial charge on any atom is -0.478 e. The van der Waals surface area contributed by atoms with Crippen molar-refractivity contribution in [1.29, 1.82) is 0 Å². The van der Waals surface area contributed by atoms with E-state index in [0.29, 0.717) is 6.61 Å². The van der Waals surface area contributed by atoms with Crippen molar-refractivity contribution in [3.05, 3.63) is 24.3 Å². The van der Waals surface area contributed by atoms with Crippen LogP contribution in [-0.2, 0) is 28.6 Å². The highest BCUT2D eigenvalue weighted by Crippen LogP contribution is 2.35. The fourth-order valence-corrected chi connectivity index (χ4v) is 1.33. The highest BCUT2D eigenvalue weighted by molar-refractivity contribution is 6.67. The van der Waals surface area contributed by atoms with Gasteiger partial charge in [-0.05, 0) is 13.8 Å². The third kappa shape index (κ3) is 10.3. The summed E-state index contributed by atoms with van der Waals surface area (Å²) in [6.07, 6.45) is 1.47. The molecule has 1 saturated heterocycles. The van der Waals surface area contributed by atoms with Crippen LogP contribution in [-0.4, -0.2) is 45.8 Å². The predicted molar refractivity (Wildman–Crippen MR) is 83.3 cm³/mol. The van der Waals surface area contributed by atoms with Gasteiger partial charge in [-0.1, -0.05) is 41.4 Å². The third-order valence-corrected chi connectivity index (χ3v) is 2.56. The van der Waals surface area contributed by atoms with Crippen molar-refractivity contribution >= 4 is 52.7 Å². The smallest absolute Gasteiger partial charge is 0.338 e. The second-order valence-corrected chi connectivity index (χ2v) is 6.68. The predicted octanol–water partition coefficient (Wildman–Crippen LogP) is 2.39. The number of hydrogen-bond acceptors (Lipinski definition) is 6. The number of hydrogen-bond donors (Lipinski definition) is 1. The van der Waals surface area contributed by atoms with Crippen LogP contribution in [0.2, 0.25) is 0 Å². The molecule has 1 N–H and O–H groups in total. The second-order valence-electron chi connectivity index (χ2n) is 4.31. The molecule has 130 valence electrons. The molecule has 2 atom stereocenters. The zero-order valence-corrected chi connectivity index (χ0v) is 14.5. The molecule has 7 nitrogen and oxygen atoms in total. The summed E-state index contributed by atoms with van der Waals surface area (Å²) in [5, 5.41) is 7.89. The Balaban J connectivity index is 0.000000330. The van der Waals surface area contributed by atoms with Crippen molar-refractivity contribution in [1.82, 2.24) is 0 Å². The SMILES string of the molecule is C=C(C)C(=O)O.CC1COC(C(Cl)(Cl)Cl)O1.O=C1C=CC(=O)O1. The minimum atomic E-state index is -1.47. The van der Waals surface area contributed by atoms with Crippen LogP contribution in [0.3, 0.4) is 0 Å². The molecule has 2 heterocycles. The Kier molecular flexibility index (Phi) is 9.41. The average Bonchev–Trinajstić information content (AvgIpc) is 2.99. The summed E-state index contributed by atoms with van der Waals surface area (Å²) in [6, 6.07) is 0. The number of esters is 2. The fraction of sp³-hybridized carbons (Fsp3) is 0.462. The number of rotatable bonds is 1. The maximum Gasteiger partial charge on any atom is 0.338 e. The standard InChI is InChI=1S/C5H7Cl3O2.C4H2O3.C4H6O2/c1-3-2-9-4(10-3)5(6,7)8;5-3-1-2-4(6)7-3;1-3(2)4(5)6/h3-4H,2H2,1H3;1-2H;1H2,2H3,(H,5,6). The van der Waals surface area contributed by atoms with Gasteiger partial charge in [0.25, 0.3) is 0 Å². The molecule has 0 radical (unpaired) electrons. The number of carbonyl (C=O) groups excluding carboxylic acids is 2. The Labute approximate surface area is 147 Å². The molecule has 2 aliphatic heterocycles. The lowest BCUT2D eigenvalue weighted by Crippen LogP contribution is -2.26. The zero-order chi connectivity index (χ0) is 18.2. The number of cyclic esters (lactones) is 2. The van der Waals surface area contributed by atoms with E-state index in [-0.39, 0.29) is 11.7 Å². The van der Waals surface area contributed by atoms with E-state index in [0.717, 1.165) is 12.2 Å². The van der Waals surface area contributed by atoms with Crippen molar-refractivity contribution in [3.8, 4) is 0 Å². The second kappa shape index (κ2) is 9.89. The van der Waals surface area contributed by atoms with Gasteiger partial charge in [0.05, 0.1) is 12.7 Å². The van der Waals surface area contributed by atoms with Crippen molar-refractivity contribution < 1.29 is 33.7 Å². The fourth-order valence-electron chi connectivity index (χ4n) is 0.987. The van der Waals surface area contributed by atoms with Crippen molar-refractivity contribution in [3.63, 3.8) is 0 Å². The number of carboxylic acid groups (broad SMARTS) is 1. The number of alkyl halides is 3. The lowest BCUT2D eigenvalue weighted by atomic mass is 10.4. The van der Waals surface area contributed by atoms with Crippen molar-refractivity contribution in [2.24, 2.45) is 0 Å². The lowest BCUT2D eigenvalue weighted by Gasteiger charge is -2.17. The molecule has 0 aliphatic carbocycles. The molecule has 0 bridgehead atoms. The number of carbonyl (C=O) groups is 3. The van der Waals surface area contributed by atoms with Crippen LogP contribution in [0, 0.1) is 0 Å². The van der Waals surface area contributed by atoms with Crippen LogP contribution >= 0.6 is 34.8 Å². The molecule has 2 aliphatic rings. The molecule has 0 spiro atoms. The van der Waals surface area contributed by atoms with E-state index in [1.807, 2.05) is 6.92 Å². The van der Waals surface area contributed by atoms with E-state index in [2.05, 4.69) is 11.3 Å². The van der Waals surface area contributed by atoms with Crippen molar-refractivity contribution in [2.75, 3.05) is 6.61 Å². The summed E-state index contributed by atoms with van der Waals surface area (Å²) >= 11 is 16.5. The Morgan fingerprint density at radius 3 is 1.87 bits per heavy atom.